The van der Waals surface area contributed by atoms with Crippen LogP contribution in [0, 0.1) is 7.14 Å². The van der Waals surface area contributed by atoms with Gasteiger partial charge >= 0.3 is 0 Å². The van der Waals surface area contributed by atoms with Gasteiger partial charge in [0.1, 0.15) is 11.4 Å². The maximum Gasteiger partial charge on any atom is 0.209 e. The molecule has 156 valence electrons. The molecule has 0 amide bonds. The van der Waals surface area contributed by atoms with E-state index in [9.17, 15) is 5.11 Å². The van der Waals surface area contributed by atoms with E-state index in [-0.39, 0.29) is 11.4 Å². The molecular formula is C22H20I2N2O3S. The van der Waals surface area contributed by atoms with Gasteiger partial charge in [-0.15, -0.1) is 11.3 Å². The van der Waals surface area contributed by atoms with Gasteiger partial charge in [0.15, 0.2) is 11.5 Å². The Morgan fingerprint density at radius 2 is 2.10 bits per heavy atom. The summed E-state index contributed by atoms with van der Waals surface area (Å²) >= 11 is 5.81. The number of aromatic nitrogens is 1. The molecular weight excluding hydrogens is 626 g/mol. The number of phenolic OH excluding ortho intramolecular Hbond substituents is 1. The first-order valence-corrected chi connectivity index (χ1v) is 12.5. The molecule has 1 aliphatic rings. The molecule has 0 atom stereocenters. The summed E-state index contributed by atoms with van der Waals surface area (Å²) in [5.41, 5.74) is 3.41. The van der Waals surface area contributed by atoms with Crippen molar-refractivity contribution < 1.29 is 14.6 Å². The normalized spacial score (nSPS) is 14.7. The van der Waals surface area contributed by atoms with Gasteiger partial charge < -0.3 is 14.6 Å². The number of thiazole rings is 1. The van der Waals surface area contributed by atoms with Crippen LogP contribution in [-0.4, -0.2) is 28.5 Å². The Morgan fingerprint density at radius 1 is 1.30 bits per heavy atom. The number of aliphatic imine (C=N–C) groups is 1. The topological polar surface area (TPSA) is 63.9 Å². The van der Waals surface area contributed by atoms with Gasteiger partial charge in [0.25, 0.3) is 0 Å². The van der Waals surface area contributed by atoms with Gasteiger partial charge in [-0.25, -0.2) is 9.98 Å². The largest absolute Gasteiger partial charge is 0.506 e. The zero-order valence-electron chi connectivity index (χ0n) is 16.7. The fraction of sp³-hybridized carbons (Fsp3) is 0.273. The summed E-state index contributed by atoms with van der Waals surface area (Å²) in [5, 5.41) is 12.9. The lowest BCUT2D eigenvalue weighted by molar-refractivity contribution is 0.132. The van der Waals surface area contributed by atoms with Crippen molar-refractivity contribution in [2.45, 2.75) is 32.8 Å². The molecule has 4 rings (SSSR count). The Hall–Kier alpha value is -1.40. The zero-order valence-corrected chi connectivity index (χ0v) is 21.8. The zero-order chi connectivity index (χ0) is 21.5. The molecule has 0 saturated carbocycles. The highest BCUT2D eigenvalue weighted by Gasteiger charge is 2.33. The number of benzene rings is 2. The smallest absolute Gasteiger partial charge is 0.209 e. The lowest BCUT2D eigenvalue weighted by atomic mass is 9.99. The van der Waals surface area contributed by atoms with E-state index in [1.807, 2.05) is 30.5 Å². The van der Waals surface area contributed by atoms with Crippen LogP contribution in [0.3, 0.4) is 0 Å². The number of fused-ring (bicyclic) bond motifs is 1. The number of ether oxygens (including phenoxy) is 2. The number of halogens is 2. The molecule has 1 N–H and O–H groups in total. The molecule has 0 bridgehead atoms. The van der Waals surface area contributed by atoms with E-state index < -0.39 is 0 Å². The first-order valence-electron chi connectivity index (χ1n) is 9.42. The molecule has 0 aliphatic carbocycles. The Labute approximate surface area is 206 Å². The van der Waals surface area contributed by atoms with Crippen molar-refractivity contribution in [2.24, 2.45) is 4.99 Å². The SMILES string of the molecule is CCOc1cc(-c2csc(/N=C/c3cc(I)cc(I)c3O)n2)cc2c1OC(C)(C)C2. The van der Waals surface area contributed by atoms with Crippen molar-refractivity contribution in [1.29, 1.82) is 0 Å². The molecule has 30 heavy (non-hydrogen) atoms. The maximum absolute atomic E-state index is 10.3. The van der Waals surface area contributed by atoms with Crippen LogP contribution in [0.1, 0.15) is 31.9 Å². The third-order valence-corrected chi connectivity index (χ3v) is 6.78. The minimum atomic E-state index is -0.239. The van der Waals surface area contributed by atoms with Crippen molar-refractivity contribution in [3.63, 3.8) is 0 Å². The highest BCUT2D eigenvalue weighted by atomic mass is 127. The van der Waals surface area contributed by atoms with E-state index in [4.69, 9.17) is 9.47 Å². The highest BCUT2D eigenvalue weighted by Crippen LogP contribution is 2.45. The Morgan fingerprint density at radius 3 is 2.87 bits per heavy atom. The third kappa shape index (κ3) is 4.59. The monoisotopic (exact) mass is 646 g/mol. The van der Waals surface area contributed by atoms with Crippen LogP contribution >= 0.6 is 56.5 Å². The number of hydrogen-bond donors (Lipinski definition) is 1. The van der Waals surface area contributed by atoms with E-state index >= 15 is 0 Å². The molecule has 1 aromatic heterocycles. The predicted octanol–water partition coefficient (Wildman–Crippen LogP) is 6.59. The molecule has 8 heteroatoms. The summed E-state index contributed by atoms with van der Waals surface area (Å²) in [7, 11) is 0. The van der Waals surface area contributed by atoms with Crippen molar-refractivity contribution >= 4 is 67.9 Å². The standard InChI is InChI=1S/C22H20I2N2O3S/c1-4-28-18-7-12(5-13-9-22(2,3)29-20(13)18)17-11-30-21(26-17)25-10-14-6-15(23)8-16(24)19(14)27/h5-8,10-11,27H,4,9H2,1-3H3/b25-10+. The van der Waals surface area contributed by atoms with E-state index in [1.54, 1.807) is 6.21 Å². The second-order valence-electron chi connectivity index (χ2n) is 7.53. The van der Waals surface area contributed by atoms with E-state index in [2.05, 4.69) is 75.1 Å². The quantitative estimate of drug-likeness (QED) is 0.251. The molecule has 0 fully saturated rings. The van der Waals surface area contributed by atoms with Crippen LogP contribution in [0.2, 0.25) is 0 Å². The van der Waals surface area contributed by atoms with Crippen molar-refractivity contribution in [1.82, 2.24) is 4.98 Å². The van der Waals surface area contributed by atoms with Gasteiger partial charge in [0.05, 0.1) is 15.9 Å². The first-order chi connectivity index (χ1) is 14.3. The van der Waals surface area contributed by atoms with Crippen LogP contribution in [0.4, 0.5) is 5.13 Å². The van der Waals surface area contributed by atoms with E-state index in [1.165, 1.54) is 11.3 Å². The molecule has 5 nitrogen and oxygen atoms in total. The van der Waals surface area contributed by atoms with Gasteiger partial charge in [0, 0.05) is 38.3 Å². The summed E-state index contributed by atoms with van der Waals surface area (Å²) in [6.07, 6.45) is 2.49. The maximum atomic E-state index is 10.3. The van der Waals surface area contributed by atoms with Crippen LogP contribution in [-0.2, 0) is 6.42 Å². The Bertz CT molecular complexity index is 1140. The van der Waals surface area contributed by atoms with Crippen LogP contribution in [0.5, 0.6) is 17.2 Å². The third-order valence-electron chi connectivity index (χ3n) is 4.59. The lowest BCUT2D eigenvalue weighted by Gasteiger charge is -2.18. The molecule has 1 aliphatic heterocycles. The number of phenols is 1. The molecule has 0 spiro atoms. The molecule has 2 aromatic carbocycles. The lowest BCUT2D eigenvalue weighted by Crippen LogP contribution is -2.24. The number of aromatic hydroxyl groups is 1. The average Bonchev–Trinajstić information content (AvgIpc) is 3.26. The number of hydrogen-bond acceptors (Lipinski definition) is 6. The highest BCUT2D eigenvalue weighted by molar-refractivity contribution is 14.1. The summed E-state index contributed by atoms with van der Waals surface area (Å²) in [5.74, 6) is 1.83. The fourth-order valence-electron chi connectivity index (χ4n) is 3.35. The Balaban J connectivity index is 1.64. The molecule has 3 aromatic rings. The summed E-state index contributed by atoms with van der Waals surface area (Å²) in [6, 6.07) is 7.93. The average molecular weight is 646 g/mol. The summed E-state index contributed by atoms with van der Waals surface area (Å²) < 4.78 is 13.8. The van der Waals surface area contributed by atoms with Crippen molar-refractivity contribution in [3.05, 3.63) is 47.9 Å². The van der Waals surface area contributed by atoms with Gasteiger partial charge in [-0.2, -0.15) is 0 Å². The van der Waals surface area contributed by atoms with Gasteiger partial charge in [-0.05, 0) is 90.2 Å². The first kappa shape index (κ1) is 21.8. The van der Waals surface area contributed by atoms with E-state index in [0.717, 1.165) is 41.9 Å². The van der Waals surface area contributed by atoms with Crippen molar-refractivity contribution in [2.75, 3.05) is 6.61 Å². The molecule has 0 saturated heterocycles. The van der Waals surface area contributed by atoms with Crippen molar-refractivity contribution in [3.8, 4) is 28.5 Å². The fourth-order valence-corrected chi connectivity index (χ4v) is 5.91. The Kier molecular flexibility index (Phi) is 6.27. The second kappa shape index (κ2) is 8.62. The number of rotatable bonds is 5. The van der Waals surface area contributed by atoms with Gasteiger partial charge in [0.2, 0.25) is 5.13 Å². The minimum absolute atomic E-state index is 0.235. The molecule has 0 unspecified atom stereocenters. The minimum Gasteiger partial charge on any atom is -0.506 e. The van der Waals surface area contributed by atoms with Crippen LogP contribution in [0.15, 0.2) is 34.6 Å². The second-order valence-corrected chi connectivity index (χ2v) is 10.8. The summed E-state index contributed by atoms with van der Waals surface area (Å²) in [6.45, 7) is 6.71. The van der Waals surface area contributed by atoms with Gasteiger partial charge in [-0.3, -0.25) is 0 Å². The van der Waals surface area contributed by atoms with Gasteiger partial charge in [-0.1, -0.05) is 0 Å². The predicted molar refractivity (Wildman–Crippen MR) is 138 cm³/mol. The molecule has 0 radical (unpaired) electrons. The van der Waals surface area contributed by atoms with Crippen LogP contribution < -0.4 is 9.47 Å². The summed E-state index contributed by atoms with van der Waals surface area (Å²) in [4.78, 5) is 9.15. The number of nitrogens with zero attached hydrogens (tertiary/aromatic N) is 2. The van der Waals surface area contributed by atoms with Crippen LogP contribution in [0.25, 0.3) is 11.3 Å². The van der Waals surface area contributed by atoms with E-state index in [0.29, 0.717) is 17.3 Å². The molecule has 2 heterocycles.